The van der Waals surface area contributed by atoms with Crippen LogP contribution in [0.3, 0.4) is 0 Å². The fraction of sp³-hybridized carbons (Fsp3) is 0.789. The van der Waals surface area contributed by atoms with Crippen LogP contribution in [0.1, 0.15) is 151 Å². The Labute approximate surface area is 525 Å². The van der Waals surface area contributed by atoms with E-state index >= 15 is 0 Å². The summed E-state index contributed by atoms with van der Waals surface area (Å²) < 4.78 is 33.9. The van der Waals surface area contributed by atoms with Gasteiger partial charge < -0.3 is 74.2 Å². The van der Waals surface area contributed by atoms with Crippen molar-refractivity contribution in [1.29, 1.82) is 0 Å². The molecule has 0 aromatic carbocycles. The number of carbonyl (C=O) groups is 12. The lowest BCUT2D eigenvalue weighted by atomic mass is 9.94. The summed E-state index contributed by atoms with van der Waals surface area (Å²) in [6.45, 7) is 32.4. The molecule has 5 amide bonds. The van der Waals surface area contributed by atoms with E-state index in [2.05, 4.69) is 14.2 Å². The van der Waals surface area contributed by atoms with E-state index in [1.807, 2.05) is 0 Å². The van der Waals surface area contributed by atoms with E-state index in [0.29, 0.717) is 0 Å². The monoisotopic (exact) mass is 1290 g/mol. The first-order chi connectivity index (χ1) is 38.9. The summed E-state index contributed by atoms with van der Waals surface area (Å²) in [5.41, 5.74) is 2.57. The number of hydrogen-bond donors (Lipinski definition) is 6. The number of carbonyl (C=O) groups excluding carboxylic acids is 10. The predicted molar refractivity (Wildman–Crippen MR) is 324 cm³/mol. The Hall–Kier alpha value is -6.63. The first kappa shape index (κ1) is 92.5. The van der Waals surface area contributed by atoms with Gasteiger partial charge in [0.15, 0.2) is 11.6 Å². The molecule has 0 fully saturated rings. The summed E-state index contributed by atoms with van der Waals surface area (Å²) in [7, 11) is 10.7. The summed E-state index contributed by atoms with van der Waals surface area (Å²) >= 11 is 0. The average Bonchev–Trinajstić information content (AvgIpc) is 3.43. The zero-order chi connectivity index (χ0) is 70.5. The zero-order valence-corrected chi connectivity index (χ0v) is 57.8. The number of aliphatic carboxylic acids is 2. The van der Waals surface area contributed by atoms with E-state index in [4.69, 9.17) is 40.0 Å². The molecule has 0 bridgehead atoms. The minimum Gasteiger partial charge on any atom is -0.480 e. The molecule has 0 aliphatic rings. The number of carboxylic acid groups (broad SMARTS) is 2. The molecule has 7 N–H and O–H groups in total. The van der Waals surface area contributed by atoms with Crippen molar-refractivity contribution in [3.8, 4) is 0 Å². The van der Waals surface area contributed by atoms with Crippen LogP contribution in [-0.2, 0) is 71.5 Å². The molecule has 0 aliphatic heterocycles. The maximum Gasteiger partial charge on any atom is 0.410 e. The largest absolute Gasteiger partial charge is 0.480 e. The first-order valence-corrected chi connectivity index (χ1v) is 27.6. The number of nitrogens with two attached hydrogens (primary N) is 1. The summed E-state index contributed by atoms with van der Waals surface area (Å²) in [6.07, 6.45) is -5.95. The molecule has 11 atom stereocenters. The van der Waals surface area contributed by atoms with E-state index in [0.717, 1.165) is 14.7 Å². The topological polar surface area (TPSA) is 413 Å². The number of rotatable bonds is 20. The number of amides is 5. The van der Waals surface area contributed by atoms with Crippen molar-refractivity contribution in [2.45, 2.75) is 228 Å². The number of ether oxygens (including phenoxy) is 7. The van der Waals surface area contributed by atoms with Gasteiger partial charge in [0.05, 0.1) is 63.6 Å². The molecule has 0 saturated heterocycles. The fourth-order valence-electron chi connectivity index (χ4n) is 5.69. The lowest BCUT2D eigenvalue weighted by Gasteiger charge is -2.32. The van der Waals surface area contributed by atoms with Crippen LogP contribution in [0.5, 0.6) is 0 Å². The number of Topliss-reactive ketones (excluding diaryl/α,β-unsaturated/α-hetero) is 2. The molecule has 0 aromatic rings. The van der Waals surface area contributed by atoms with Crippen molar-refractivity contribution in [2.75, 3.05) is 56.6 Å². The average molecular weight is 1300 g/mol. The van der Waals surface area contributed by atoms with Crippen LogP contribution in [-0.4, -0.2) is 255 Å². The smallest absolute Gasteiger partial charge is 0.410 e. The Morgan fingerprint density at radius 3 is 0.773 bits per heavy atom. The number of aliphatic hydroxyl groups is 3. The van der Waals surface area contributed by atoms with Crippen molar-refractivity contribution in [2.24, 2.45) is 17.6 Å². The van der Waals surface area contributed by atoms with Crippen LogP contribution in [0, 0.1) is 11.8 Å². The molecular weight excluding hydrogens is 1190 g/mol. The number of hydrogen-bond acceptors (Lipinski definition) is 23. The predicted octanol–water partition coefficient (Wildman–Crippen LogP) is 4.53. The van der Waals surface area contributed by atoms with Gasteiger partial charge in [-0.2, -0.15) is 0 Å². The van der Waals surface area contributed by atoms with Crippen LogP contribution in [0.2, 0.25) is 0 Å². The highest BCUT2D eigenvalue weighted by molar-refractivity contribution is 5.93. The number of carboxylic acids is 2. The first-order valence-electron chi connectivity index (χ1n) is 27.6. The molecule has 0 unspecified atom stereocenters. The molecule has 30 nitrogen and oxygen atoms in total. The van der Waals surface area contributed by atoms with Crippen LogP contribution in [0.4, 0.5) is 19.2 Å². The second-order valence-electron chi connectivity index (χ2n) is 24.2. The molecule has 31 heteroatoms. The Morgan fingerprint density at radius 2 is 0.591 bits per heavy atom. The van der Waals surface area contributed by atoms with Gasteiger partial charge in [0.25, 0.3) is 0 Å². The van der Waals surface area contributed by atoms with E-state index in [1.54, 1.807) is 90.0 Å². The van der Waals surface area contributed by atoms with Gasteiger partial charge in [-0.3, -0.25) is 43.5 Å². The molecule has 0 aromatic heterocycles. The third-order valence-corrected chi connectivity index (χ3v) is 12.0. The number of likely N-dealkylation sites (N-methyl/N-ethyl adjacent to an activating group) is 5. The maximum atomic E-state index is 12.7. The second-order valence-corrected chi connectivity index (χ2v) is 24.2. The number of nitrogens with zero attached hydrogens (tertiary/aromatic N) is 5. The highest BCUT2D eigenvalue weighted by Gasteiger charge is 2.36. The van der Waals surface area contributed by atoms with Gasteiger partial charge in [-0.1, -0.05) is 0 Å². The molecule has 0 radical (unpaired) electrons. The van der Waals surface area contributed by atoms with Gasteiger partial charge >= 0.3 is 54.2 Å². The highest BCUT2D eigenvalue weighted by atomic mass is 35.5. The third-order valence-electron chi connectivity index (χ3n) is 12.0. The van der Waals surface area contributed by atoms with Crippen molar-refractivity contribution >= 4 is 84.1 Å². The molecular formula is C57H107ClN6O24. The van der Waals surface area contributed by atoms with Gasteiger partial charge in [-0.15, -0.1) is 12.4 Å². The minimum absolute atomic E-state index is 0. The second kappa shape index (κ2) is 41.6. The lowest BCUT2D eigenvalue weighted by molar-refractivity contribution is -0.152. The number of aliphatic hydroxyl groups excluding tert-OH is 3. The minimum atomic E-state index is -1.07. The van der Waals surface area contributed by atoms with E-state index in [-0.39, 0.29) is 31.0 Å². The van der Waals surface area contributed by atoms with Gasteiger partial charge in [0.2, 0.25) is 5.91 Å². The SMILES string of the molecule is COC(=O)[C@H](CC(=O)[C@@H](C)N(C)C(=O)OC(C)(C)C)[C@H](C)O.COC(=O)[C@H](CC(=O)[C@@H](C)N(C)C(=O)[C@H](C)N(C)C(=O)OC(C)(C)C)[C@H](C)O.COC(=O)[C@H](N)[C@H](C)O.C[C@@H](C(=O)O)N(C)C(=O)OC(C)(C)C.C[C@H](C(=O)O)N(C)C(=O)OC(C)(C)C.Cl. The Balaban J connectivity index is -0.000000250. The van der Waals surface area contributed by atoms with Gasteiger partial charge in [-0.25, -0.2) is 28.8 Å². The van der Waals surface area contributed by atoms with E-state index in [1.165, 1.54) is 115 Å². The van der Waals surface area contributed by atoms with Crippen LogP contribution in [0.15, 0.2) is 0 Å². The van der Waals surface area contributed by atoms with Crippen LogP contribution < -0.4 is 5.73 Å². The molecule has 0 aliphatic carbocycles. The third kappa shape index (κ3) is 39.3. The number of halogens is 1. The fourth-order valence-corrected chi connectivity index (χ4v) is 5.69. The zero-order valence-electron chi connectivity index (χ0n) is 57.0. The summed E-state index contributed by atoms with van der Waals surface area (Å²) in [5.74, 6) is -7.23. The summed E-state index contributed by atoms with van der Waals surface area (Å²) in [6, 6.07) is -5.18. The number of esters is 3. The Kier molecular flexibility index (Phi) is 43.7. The van der Waals surface area contributed by atoms with Crippen molar-refractivity contribution in [3.05, 3.63) is 0 Å². The van der Waals surface area contributed by atoms with Crippen LogP contribution in [0.25, 0.3) is 0 Å². The molecule has 88 heavy (non-hydrogen) atoms. The highest BCUT2D eigenvalue weighted by Crippen LogP contribution is 2.19. The number of methoxy groups -OCH3 is 3. The maximum absolute atomic E-state index is 12.7. The normalized spacial score (nSPS) is 14.7. The quantitative estimate of drug-likeness (QED) is 0.0720. The van der Waals surface area contributed by atoms with E-state index in [9.17, 15) is 67.7 Å². The van der Waals surface area contributed by atoms with Crippen molar-refractivity contribution in [3.63, 3.8) is 0 Å². The standard InChI is InChI=1S/C19H34N2O7.C15H27NO6.2C9H17NO4.C5H11NO3.ClH/c1-11(15(23)10-14(13(3)22)17(25)27-9)20(7)16(24)12(2)21(8)18(26)28-19(4,5)6;1-9(16(6)14(20)22-15(3,4)5)12(18)8-11(10(2)17)13(19)21-7;2*1-6(7(11)12)10(5)8(13)14-9(2,3)4;1-3(7)4(6)5(8)9-2;/h11-14,22H,10H2,1-9H3;9-11,17H,8H2,1-7H3;2*6H,1-5H3,(H,11,12);3-4,7H,6H2,1-2H3;1H/t11-,12+,13+,14-;9-,10+,11-;2*6-;3-,4+;/m11100./s1. The van der Waals surface area contributed by atoms with Crippen molar-refractivity contribution < 1.29 is 116 Å². The van der Waals surface area contributed by atoms with Gasteiger partial charge in [0.1, 0.15) is 46.6 Å². The molecule has 0 spiro atoms. The van der Waals surface area contributed by atoms with Gasteiger partial charge in [-0.05, 0) is 138 Å². The van der Waals surface area contributed by atoms with Crippen molar-refractivity contribution in [1.82, 2.24) is 24.5 Å². The van der Waals surface area contributed by atoms with Crippen LogP contribution >= 0.6 is 12.4 Å². The summed E-state index contributed by atoms with van der Waals surface area (Å²) in [5, 5.41) is 45.3. The molecule has 0 saturated carbocycles. The molecule has 0 heterocycles. The Morgan fingerprint density at radius 1 is 0.375 bits per heavy atom. The van der Waals surface area contributed by atoms with Gasteiger partial charge in [0, 0.05) is 48.1 Å². The number of ketones is 2. The summed E-state index contributed by atoms with van der Waals surface area (Å²) in [4.78, 5) is 145. The molecule has 0 rings (SSSR count). The molecule has 516 valence electrons. The lowest BCUT2D eigenvalue weighted by Crippen LogP contribution is -2.51. The Bertz CT molecular complexity index is 2190. The van der Waals surface area contributed by atoms with E-state index < -0.39 is 155 Å².